The molecular weight excluding hydrogens is 462 g/mol. The van der Waals surface area contributed by atoms with Gasteiger partial charge in [0.05, 0.1) is 30.0 Å². The predicted octanol–water partition coefficient (Wildman–Crippen LogP) is 5.06. The third kappa shape index (κ3) is 6.17. The molecule has 0 saturated carbocycles. The van der Waals surface area contributed by atoms with E-state index in [9.17, 15) is 18.0 Å². The Morgan fingerprint density at radius 3 is 2.54 bits per heavy atom. The highest BCUT2D eigenvalue weighted by Gasteiger charge is 2.30. The van der Waals surface area contributed by atoms with Crippen molar-refractivity contribution in [3.05, 3.63) is 59.7 Å². The molecule has 2 aromatic rings. The molecule has 2 aromatic carbocycles. The third-order valence-corrected chi connectivity index (χ3v) is 3.74. The summed E-state index contributed by atoms with van der Waals surface area (Å²) in [5.41, 5.74) is 0.0595. The number of nitrogens with one attached hydrogen (secondary N) is 1. The highest BCUT2D eigenvalue weighted by Crippen LogP contribution is 2.31. The topological polar surface area (TPSA) is 47.6 Å². The van der Waals surface area contributed by atoms with E-state index in [1.807, 2.05) is 0 Å². The van der Waals surface area contributed by atoms with Crippen molar-refractivity contribution in [3.63, 3.8) is 0 Å². The van der Waals surface area contributed by atoms with Crippen LogP contribution in [0.3, 0.4) is 0 Å². The number of benzene rings is 2. The molecule has 0 fully saturated rings. The second kappa shape index (κ2) is 9.77. The maximum Gasteiger partial charge on any atom is 0.416 e. The van der Waals surface area contributed by atoms with Gasteiger partial charge in [-0.15, -0.1) is 0 Å². The van der Waals surface area contributed by atoms with Gasteiger partial charge in [-0.05, 0) is 30.3 Å². The Hall–Kier alpha value is -1.81. The SMILES string of the molecule is O=C(OCCOCCI)c1ccccc1Nc1cccc(C(F)(F)F)c1. The fraction of sp³-hybridized carbons (Fsp3) is 0.278. The number of alkyl halides is 4. The molecule has 0 heterocycles. The maximum atomic E-state index is 12.8. The molecule has 0 radical (unpaired) electrons. The van der Waals surface area contributed by atoms with E-state index in [1.54, 1.807) is 24.3 Å². The van der Waals surface area contributed by atoms with Gasteiger partial charge in [0, 0.05) is 10.1 Å². The first-order chi connectivity index (χ1) is 12.4. The van der Waals surface area contributed by atoms with Crippen molar-refractivity contribution in [2.24, 2.45) is 0 Å². The average Bonchev–Trinajstić information content (AvgIpc) is 2.61. The zero-order valence-corrected chi connectivity index (χ0v) is 15.8. The summed E-state index contributed by atoms with van der Waals surface area (Å²) in [4.78, 5) is 12.2. The lowest BCUT2D eigenvalue weighted by molar-refractivity contribution is -0.137. The number of para-hydroxylation sites is 1. The maximum absolute atomic E-state index is 12.8. The van der Waals surface area contributed by atoms with Crippen molar-refractivity contribution in [2.75, 3.05) is 29.6 Å². The predicted molar refractivity (Wildman–Crippen MR) is 101 cm³/mol. The Labute approximate surface area is 162 Å². The van der Waals surface area contributed by atoms with Crippen LogP contribution in [0.4, 0.5) is 24.5 Å². The first-order valence-corrected chi connectivity index (χ1v) is 9.28. The minimum absolute atomic E-state index is 0.105. The molecule has 0 aromatic heterocycles. The lowest BCUT2D eigenvalue weighted by atomic mass is 10.1. The van der Waals surface area contributed by atoms with Gasteiger partial charge in [-0.25, -0.2) is 4.79 Å². The summed E-state index contributed by atoms with van der Waals surface area (Å²) >= 11 is 2.17. The van der Waals surface area contributed by atoms with Gasteiger partial charge in [-0.2, -0.15) is 13.2 Å². The number of carbonyl (C=O) groups is 1. The summed E-state index contributed by atoms with van der Waals surface area (Å²) in [6.45, 7) is 0.969. The standard InChI is InChI=1S/C18H17F3INO3/c19-18(20,21)13-4-3-5-14(12-13)23-16-7-2-1-6-15(16)17(24)26-11-10-25-9-8-22/h1-7,12,23H,8-11H2. The number of hydrogen-bond donors (Lipinski definition) is 1. The van der Waals surface area contributed by atoms with Gasteiger partial charge in [0.25, 0.3) is 0 Å². The molecule has 4 nitrogen and oxygen atoms in total. The van der Waals surface area contributed by atoms with E-state index in [2.05, 4.69) is 27.9 Å². The quantitative estimate of drug-likeness (QED) is 0.249. The fourth-order valence-corrected chi connectivity index (χ4v) is 2.44. The summed E-state index contributed by atoms with van der Waals surface area (Å²) in [7, 11) is 0. The molecule has 0 spiro atoms. The summed E-state index contributed by atoms with van der Waals surface area (Å²) < 4.78 is 49.7. The number of ether oxygens (including phenoxy) is 2. The van der Waals surface area contributed by atoms with Gasteiger partial charge in [-0.3, -0.25) is 0 Å². The van der Waals surface area contributed by atoms with E-state index in [1.165, 1.54) is 12.1 Å². The van der Waals surface area contributed by atoms with Gasteiger partial charge in [0.15, 0.2) is 0 Å². The Morgan fingerprint density at radius 1 is 1.04 bits per heavy atom. The van der Waals surface area contributed by atoms with Crippen molar-refractivity contribution in [2.45, 2.75) is 6.18 Å². The number of rotatable bonds is 8. The van der Waals surface area contributed by atoms with Crippen LogP contribution in [0.2, 0.25) is 0 Å². The lowest BCUT2D eigenvalue weighted by Gasteiger charge is -2.13. The number of esters is 1. The zero-order chi connectivity index (χ0) is 19.0. The van der Waals surface area contributed by atoms with E-state index < -0.39 is 17.7 Å². The van der Waals surface area contributed by atoms with Crippen molar-refractivity contribution in [3.8, 4) is 0 Å². The molecule has 0 aliphatic rings. The smallest absolute Gasteiger partial charge is 0.416 e. The molecule has 0 atom stereocenters. The van der Waals surface area contributed by atoms with Crippen molar-refractivity contribution >= 4 is 39.9 Å². The van der Waals surface area contributed by atoms with E-state index in [4.69, 9.17) is 9.47 Å². The van der Waals surface area contributed by atoms with E-state index in [-0.39, 0.29) is 24.5 Å². The second-order valence-corrected chi connectivity index (χ2v) is 6.27. The van der Waals surface area contributed by atoms with E-state index in [0.717, 1.165) is 16.6 Å². The Balaban J connectivity index is 2.08. The molecular formula is C18H17F3INO3. The number of anilines is 2. The van der Waals surface area contributed by atoms with Gasteiger partial charge in [0.1, 0.15) is 6.61 Å². The first kappa shape index (κ1) is 20.5. The average molecular weight is 479 g/mol. The lowest BCUT2D eigenvalue weighted by Crippen LogP contribution is -2.13. The minimum Gasteiger partial charge on any atom is -0.460 e. The molecule has 26 heavy (non-hydrogen) atoms. The Morgan fingerprint density at radius 2 is 1.81 bits per heavy atom. The molecule has 0 aliphatic heterocycles. The van der Waals surface area contributed by atoms with Crippen LogP contribution in [0.5, 0.6) is 0 Å². The summed E-state index contributed by atoms with van der Waals surface area (Å²) in [5, 5.41) is 2.84. The Kier molecular flexibility index (Phi) is 7.70. The largest absolute Gasteiger partial charge is 0.460 e. The van der Waals surface area contributed by atoms with E-state index >= 15 is 0 Å². The summed E-state index contributed by atoms with van der Waals surface area (Å²) in [5.74, 6) is -0.571. The highest BCUT2D eigenvalue weighted by molar-refractivity contribution is 14.1. The minimum atomic E-state index is -4.44. The molecule has 8 heteroatoms. The van der Waals surface area contributed by atoms with Gasteiger partial charge >= 0.3 is 12.1 Å². The van der Waals surface area contributed by atoms with Crippen molar-refractivity contribution < 1.29 is 27.4 Å². The normalized spacial score (nSPS) is 11.2. The molecule has 0 unspecified atom stereocenters. The van der Waals surface area contributed by atoms with Gasteiger partial charge in [-0.1, -0.05) is 40.8 Å². The van der Waals surface area contributed by atoms with E-state index in [0.29, 0.717) is 12.3 Å². The van der Waals surface area contributed by atoms with Crippen LogP contribution in [0.1, 0.15) is 15.9 Å². The molecule has 2 rings (SSSR count). The summed E-state index contributed by atoms with van der Waals surface area (Å²) in [6.07, 6.45) is -4.44. The molecule has 1 N–H and O–H groups in total. The molecule has 0 aliphatic carbocycles. The highest BCUT2D eigenvalue weighted by atomic mass is 127. The number of hydrogen-bond acceptors (Lipinski definition) is 4. The molecule has 0 amide bonds. The third-order valence-electron chi connectivity index (χ3n) is 3.30. The van der Waals surface area contributed by atoms with Crippen LogP contribution in [-0.4, -0.2) is 30.2 Å². The van der Waals surface area contributed by atoms with Crippen molar-refractivity contribution in [1.29, 1.82) is 0 Å². The first-order valence-electron chi connectivity index (χ1n) is 7.76. The van der Waals surface area contributed by atoms with Gasteiger partial charge in [0.2, 0.25) is 0 Å². The van der Waals surface area contributed by atoms with Gasteiger partial charge < -0.3 is 14.8 Å². The fourth-order valence-electron chi connectivity index (χ4n) is 2.13. The molecule has 0 bridgehead atoms. The van der Waals surface area contributed by atoms with Crippen LogP contribution in [0.25, 0.3) is 0 Å². The van der Waals surface area contributed by atoms with Crippen LogP contribution in [-0.2, 0) is 15.7 Å². The second-order valence-electron chi connectivity index (χ2n) is 5.19. The summed E-state index contributed by atoms with van der Waals surface area (Å²) in [6, 6.07) is 11.2. The monoisotopic (exact) mass is 479 g/mol. The van der Waals surface area contributed by atoms with Crippen LogP contribution in [0.15, 0.2) is 48.5 Å². The van der Waals surface area contributed by atoms with Crippen molar-refractivity contribution in [1.82, 2.24) is 0 Å². The van der Waals surface area contributed by atoms with Crippen LogP contribution >= 0.6 is 22.6 Å². The molecule has 140 valence electrons. The number of carbonyl (C=O) groups excluding carboxylic acids is 1. The van der Waals surface area contributed by atoms with Crippen LogP contribution < -0.4 is 5.32 Å². The number of halogens is 4. The Bertz CT molecular complexity index is 738. The zero-order valence-electron chi connectivity index (χ0n) is 13.7. The van der Waals surface area contributed by atoms with Crippen LogP contribution in [0, 0.1) is 0 Å². The molecule has 0 saturated heterocycles.